The summed E-state index contributed by atoms with van der Waals surface area (Å²) in [6, 6.07) is 0.421. The van der Waals surface area contributed by atoms with Crippen LogP contribution in [-0.2, 0) is 16.8 Å². The molecule has 0 aliphatic heterocycles. The first-order valence-electron chi connectivity index (χ1n) is 6.66. The zero-order valence-corrected chi connectivity index (χ0v) is 14.1. The lowest BCUT2D eigenvalue weighted by molar-refractivity contribution is 0.439. The van der Waals surface area contributed by atoms with Crippen LogP contribution < -0.4 is 10.0 Å². The number of rotatable bonds is 9. The lowest BCUT2D eigenvalue weighted by Crippen LogP contribution is -2.39. The molecular formula is C12H24N4O2S2. The van der Waals surface area contributed by atoms with E-state index in [1.54, 1.807) is 12.6 Å². The molecule has 1 aromatic rings. The molecule has 116 valence electrons. The van der Waals surface area contributed by atoms with Gasteiger partial charge in [-0.05, 0) is 19.9 Å². The molecule has 6 nitrogen and oxygen atoms in total. The number of aromatic nitrogens is 1. The van der Waals surface area contributed by atoms with Crippen LogP contribution in [0.1, 0.15) is 30.8 Å². The van der Waals surface area contributed by atoms with Crippen molar-refractivity contribution < 1.29 is 8.42 Å². The third kappa shape index (κ3) is 5.84. The van der Waals surface area contributed by atoms with Crippen LogP contribution in [0.5, 0.6) is 0 Å². The normalized spacial score (nSPS) is 12.5. The topological polar surface area (TPSA) is 74.3 Å². The predicted octanol–water partition coefficient (Wildman–Crippen LogP) is 1.11. The Balaban J connectivity index is 2.37. The van der Waals surface area contributed by atoms with Gasteiger partial charge in [0.2, 0.25) is 0 Å². The van der Waals surface area contributed by atoms with E-state index in [9.17, 15) is 8.42 Å². The summed E-state index contributed by atoms with van der Waals surface area (Å²) in [5, 5.41) is 3.27. The second kappa shape index (κ2) is 8.04. The van der Waals surface area contributed by atoms with Gasteiger partial charge in [0.25, 0.3) is 10.2 Å². The van der Waals surface area contributed by atoms with Gasteiger partial charge in [0.15, 0.2) is 0 Å². The quantitative estimate of drug-likeness (QED) is 0.668. The van der Waals surface area contributed by atoms with Crippen molar-refractivity contribution in [3.8, 4) is 0 Å². The van der Waals surface area contributed by atoms with Crippen LogP contribution in [0.3, 0.4) is 0 Å². The molecule has 1 heterocycles. The minimum Gasteiger partial charge on any atom is -0.314 e. The lowest BCUT2D eigenvalue weighted by Gasteiger charge is -2.18. The van der Waals surface area contributed by atoms with Gasteiger partial charge in [0.1, 0.15) is 0 Å². The molecule has 0 saturated carbocycles. The van der Waals surface area contributed by atoms with Gasteiger partial charge in [0, 0.05) is 31.1 Å². The fourth-order valence-corrected chi connectivity index (χ4v) is 3.30. The van der Waals surface area contributed by atoms with Gasteiger partial charge in [-0.1, -0.05) is 13.8 Å². The van der Waals surface area contributed by atoms with Crippen molar-refractivity contribution in [3.05, 3.63) is 16.1 Å². The van der Waals surface area contributed by atoms with Gasteiger partial charge in [-0.2, -0.15) is 17.4 Å². The molecule has 0 aliphatic carbocycles. The van der Waals surface area contributed by atoms with Gasteiger partial charge < -0.3 is 5.32 Å². The van der Waals surface area contributed by atoms with Crippen LogP contribution in [0.4, 0.5) is 0 Å². The summed E-state index contributed by atoms with van der Waals surface area (Å²) >= 11 is 1.46. The maximum Gasteiger partial charge on any atom is 0.279 e. The highest BCUT2D eigenvalue weighted by atomic mass is 32.2. The molecule has 2 N–H and O–H groups in total. The van der Waals surface area contributed by atoms with E-state index in [0.717, 1.165) is 23.5 Å². The minimum absolute atomic E-state index is 0.299. The molecule has 0 bridgehead atoms. The number of nitrogens with zero attached hydrogens (tertiary/aromatic N) is 2. The zero-order valence-electron chi connectivity index (χ0n) is 12.5. The fourth-order valence-electron chi connectivity index (χ4n) is 1.58. The lowest BCUT2D eigenvalue weighted by atomic mass is 10.3. The number of hydrogen-bond donors (Lipinski definition) is 2. The van der Waals surface area contributed by atoms with Crippen molar-refractivity contribution in [1.29, 1.82) is 0 Å². The molecule has 1 rings (SSSR count). The van der Waals surface area contributed by atoms with Crippen LogP contribution in [0.25, 0.3) is 0 Å². The van der Waals surface area contributed by atoms with Crippen LogP contribution in [0.15, 0.2) is 5.51 Å². The Morgan fingerprint density at radius 1 is 1.45 bits per heavy atom. The second-order valence-corrected chi connectivity index (χ2v) is 7.77. The molecule has 0 amide bonds. The third-order valence-corrected chi connectivity index (χ3v) is 5.32. The monoisotopic (exact) mass is 320 g/mol. The first-order valence-corrected chi connectivity index (χ1v) is 8.98. The van der Waals surface area contributed by atoms with E-state index in [2.05, 4.69) is 28.9 Å². The van der Waals surface area contributed by atoms with Gasteiger partial charge in [-0.15, -0.1) is 11.3 Å². The molecule has 0 saturated heterocycles. The van der Waals surface area contributed by atoms with Crippen LogP contribution >= 0.6 is 11.3 Å². The largest absolute Gasteiger partial charge is 0.314 e. The van der Waals surface area contributed by atoms with Crippen molar-refractivity contribution in [2.45, 2.75) is 39.8 Å². The smallest absolute Gasteiger partial charge is 0.279 e. The van der Waals surface area contributed by atoms with Crippen molar-refractivity contribution >= 4 is 21.5 Å². The molecule has 1 aromatic heterocycles. The van der Waals surface area contributed by atoms with E-state index in [1.807, 2.05) is 6.92 Å². The molecular weight excluding hydrogens is 296 g/mol. The van der Waals surface area contributed by atoms with Crippen molar-refractivity contribution in [1.82, 2.24) is 19.3 Å². The zero-order chi connectivity index (χ0) is 15.2. The maximum absolute atomic E-state index is 12.0. The number of nitrogens with one attached hydrogen (secondary N) is 2. The van der Waals surface area contributed by atoms with Gasteiger partial charge in [0.05, 0.1) is 11.2 Å². The highest BCUT2D eigenvalue weighted by Gasteiger charge is 2.17. The predicted molar refractivity (Wildman–Crippen MR) is 83.0 cm³/mol. The SMILES string of the molecule is Cc1ncsc1CNS(=O)(=O)N(C)CCCNC(C)C. The number of aryl methyl sites for hydroxylation is 1. The Morgan fingerprint density at radius 3 is 2.70 bits per heavy atom. The molecule has 8 heteroatoms. The molecule has 0 radical (unpaired) electrons. The van der Waals surface area contributed by atoms with Crippen molar-refractivity contribution in [3.63, 3.8) is 0 Å². The summed E-state index contributed by atoms with van der Waals surface area (Å²) in [5.41, 5.74) is 2.60. The molecule has 0 aliphatic rings. The van der Waals surface area contributed by atoms with E-state index >= 15 is 0 Å². The number of thiazole rings is 1. The molecule has 0 aromatic carbocycles. The van der Waals surface area contributed by atoms with Crippen LogP contribution in [-0.4, -0.2) is 43.9 Å². The Hall–Kier alpha value is -0.540. The average molecular weight is 320 g/mol. The summed E-state index contributed by atoms with van der Waals surface area (Å²) in [5.74, 6) is 0. The van der Waals surface area contributed by atoms with Crippen LogP contribution in [0, 0.1) is 6.92 Å². The number of hydrogen-bond acceptors (Lipinski definition) is 5. The van der Waals surface area contributed by atoms with Crippen molar-refractivity contribution in [2.24, 2.45) is 0 Å². The maximum atomic E-state index is 12.0. The Kier molecular flexibility index (Phi) is 7.04. The second-order valence-electron chi connectivity index (χ2n) is 4.97. The highest BCUT2D eigenvalue weighted by molar-refractivity contribution is 7.87. The van der Waals surface area contributed by atoms with E-state index in [1.165, 1.54) is 15.6 Å². The first kappa shape index (κ1) is 17.5. The Morgan fingerprint density at radius 2 is 2.15 bits per heavy atom. The molecule has 0 unspecified atom stereocenters. The van der Waals surface area contributed by atoms with E-state index in [0.29, 0.717) is 19.1 Å². The van der Waals surface area contributed by atoms with E-state index in [4.69, 9.17) is 0 Å². The fraction of sp³-hybridized carbons (Fsp3) is 0.750. The Bertz CT molecular complexity index is 499. The molecule has 0 spiro atoms. The van der Waals surface area contributed by atoms with Gasteiger partial charge in [-0.3, -0.25) is 0 Å². The van der Waals surface area contributed by atoms with Gasteiger partial charge >= 0.3 is 0 Å². The van der Waals surface area contributed by atoms with E-state index in [-0.39, 0.29) is 0 Å². The Labute approximate surface area is 125 Å². The summed E-state index contributed by atoms with van der Waals surface area (Å²) in [4.78, 5) is 5.05. The van der Waals surface area contributed by atoms with Gasteiger partial charge in [-0.25, -0.2) is 4.98 Å². The highest BCUT2D eigenvalue weighted by Crippen LogP contribution is 2.12. The van der Waals surface area contributed by atoms with Crippen LogP contribution in [0.2, 0.25) is 0 Å². The third-order valence-electron chi connectivity index (χ3n) is 2.87. The minimum atomic E-state index is -3.42. The molecule has 20 heavy (non-hydrogen) atoms. The molecule has 0 fully saturated rings. The standard InChI is InChI=1S/C12H24N4O2S2/c1-10(2)13-6-5-7-16(4)20(17,18)15-8-12-11(3)14-9-19-12/h9-10,13,15H,5-8H2,1-4H3. The first-order chi connectivity index (χ1) is 9.33. The molecule has 0 atom stereocenters. The average Bonchev–Trinajstić information content (AvgIpc) is 2.77. The van der Waals surface area contributed by atoms with E-state index < -0.39 is 10.2 Å². The summed E-state index contributed by atoms with van der Waals surface area (Å²) in [7, 11) is -1.82. The summed E-state index contributed by atoms with van der Waals surface area (Å²) in [6.07, 6.45) is 0.787. The summed E-state index contributed by atoms with van der Waals surface area (Å²) in [6.45, 7) is 7.62. The summed E-state index contributed by atoms with van der Waals surface area (Å²) < 4.78 is 28.0. The van der Waals surface area contributed by atoms with Crippen molar-refractivity contribution in [2.75, 3.05) is 20.1 Å².